The van der Waals surface area contributed by atoms with Crippen LogP contribution in [0.3, 0.4) is 0 Å². The molecule has 1 N–H and O–H groups in total. The Balaban J connectivity index is 2.33. The molecule has 2 nitrogen and oxygen atoms in total. The van der Waals surface area contributed by atoms with Crippen LogP contribution in [0.25, 0.3) is 0 Å². The van der Waals surface area contributed by atoms with E-state index in [1.807, 2.05) is 0 Å². The maximum Gasteiger partial charge on any atom is 0.0900 e. The molecular formula is C7H15NO. The monoisotopic (exact) mass is 129 g/mol. The first-order valence-electron chi connectivity index (χ1n) is 3.63. The van der Waals surface area contributed by atoms with Crippen LogP contribution in [0, 0.1) is 17.0 Å². The molecule has 54 valence electrons. The summed E-state index contributed by atoms with van der Waals surface area (Å²) in [6.07, 6.45) is 1.12. The molecule has 0 aromatic rings. The molecule has 1 saturated carbocycles. The first-order chi connectivity index (χ1) is 4.13. The van der Waals surface area contributed by atoms with Crippen LogP contribution in [0.2, 0.25) is 0 Å². The van der Waals surface area contributed by atoms with E-state index in [-0.39, 0.29) is 0 Å². The third kappa shape index (κ3) is 1.10. The van der Waals surface area contributed by atoms with Crippen LogP contribution >= 0.6 is 0 Å². The molecule has 1 rings (SSSR count). The number of nitrogens with one attached hydrogen (secondary N) is 1. The largest absolute Gasteiger partial charge is 0.634 e. The number of rotatable bonds is 1. The van der Waals surface area contributed by atoms with Crippen molar-refractivity contribution in [2.24, 2.45) is 11.8 Å². The summed E-state index contributed by atoms with van der Waals surface area (Å²) in [5, 5.41) is 11.2. The first kappa shape index (κ1) is 7.03. The van der Waals surface area contributed by atoms with E-state index in [0.717, 1.165) is 12.3 Å². The van der Waals surface area contributed by atoms with Gasteiger partial charge in [0.15, 0.2) is 0 Å². The lowest BCUT2D eigenvalue weighted by Crippen LogP contribution is -3.11. The summed E-state index contributed by atoms with van der Waals surface area (Å²) in [5.74, 6) is 1.42. The Morgan fingerprint density at radius 3 is 2.11 bits per heavy atom. The van der Waals surface area contributed by atoms with Gasteiger partial charge in [-0.05, 0) is 5.92 Å². The van der Waals surface area contributed by atoms with E-state index in [1.165, 1.54) is 0 Å². The lowest BCUT2D eigenvalue weighted by atomic mass is 9.71. The fourth-order valence-electron chi connectivity index (χ4n) is 1.57. The topological polar surface area (TPSA) is 27.5 Å². The van der Waals surface area contributed by atoms with Crippen molar-refractivity contribution in [3.05, 3.63) is 5.21 Å². The Morgan fingerprint density at radius 2 is 2.00 bits per heavy atom. The van der Waals surface area contributed by atoms with Crippen LogP contribution in [-0.4, -0.2) is 13.1 Å². The summed E-state index contributed by atoms with van der Waals surface area (Å²) in [6, 6.07) is 0.389. The molecule has 0 bridgehead atoms. The highest BCUT2D eigenvalue weighted by Gasteiger charge is 2.37. The van der Waals surface area contributed by atoms with Crippen molar-refractivity contribution >= 4 is 0 Å². The fourth-order valence-corrected chi connectivity index (χ4v) is 1.57. The zero-order valence-electron chi connectivity index (χ0n) is 6.35. The Hall–Kier alpha value is -0.0800. The molecule has 0 amide bonds. The van der Waals surface area contributed by atoms with E-state index in [4.69, 9.17) is 0 Å². The SMILES string of the molecule is CC1CC([NH+](C)[O-])C1C. The van der Waals surface area contributed by atoms with Gasteiger partial charge in [-0.1, -0.05) is 13.8 Å². The number of hydrogen-bond acceptors (Lipinski definition) is 1. The van der Waals surface area contributed by atoms with Gasteiger partial charge in [-0.15, -0.1) is 0 Å². The van der Waals surface area contributed by atoms with Gasteiger partial charge < -0.3 is 10.3 Å². The highest BCUT2D eigenvalue weighted by Crippen LogP contribution is 2.31. The van der Waals surface area contributed by atoms with Crippen molar-refractivity contribution in [3.8, 4) is 0 Å². The average Bonchev–Trinajstić information content (AvgIpc) is 1.81. The van der Waals surface area contributed by atoms with Crippen molar-refractivity contribution in [1.29, 1.82) is 0 Å². The van der Waals surface area contributed by atoms with Crippen LogP contribution in [-0.2, 0) is 0 Å². The Bertz CT molecular complexity index is 103. The van der Waals surface area contributed by atoms with Crippen molar-refractivity contribution in [3.63, 3.8) is 0 Å². The predicted octanol–water partition coefficient (Wildman–Crippen LogP) is 0.0434. The fraction of sp³-hybridized carbons (Fsp3) is 1.00. The van der Waals surface area contributed by atoms with Crippen LogP contribution in [0.4, 0.5) is 0 Å². The molecule has 0 heterocycles. The van der Waals surface area contributed by atoms with Crippen molar-refractivity contribution in [2.75, 3.05) is 7.05 Å². The van der Waals surface area contributed by atoms with Crippen molar-refractivity contribution < 1.29 is 5.06 Å². The second-order valence-corrected chi connectivity index (χ2v) is 3.29. The molecule has 1 aliphatic carbocycles. The zero-order chi connectivity index (χ0) is 7.02. The highest BCUT2D eigenvalue weighted by molar-refractivity contribution is 4.82. The van der Waals surface area contributed by atoms with Gasteiger partial charge in [0.25, 0.3) is 0 Å². The standard InChI is InChI=1S/C7H15NO/c1-5-4-7(6(5)2)8(3)9/h5-8H,4H2,1-3H3. The normalized spacial score (nSPS) is 46.0. The summed E-state index contributed by atoms with van der Waals surface area (Å²) < 4.78 is 0. The molecule has 0 aliphatic heterocycles. The number of quaternary nitrogens is 1. The lowest BCUT2D eigenvalue weighted by Gasteiger charge is -2.44. The minimum Gasteiger partial charge on any atom is -0.634 e. The van der Waals surface area contributed by atoms with Crippen LogP contribution in [0.1, 0.15) is 20.3 Å². The maximum atomic E-state index is 10.8. The molecule has 2 heteroatoms. The molecule has 4 unspecified atom stereocenters. The smallest absolute Gasteiger partial charge is 0.0900 e. The third-order valence-electron chi connectivity index (χ3n) is 2.68. The van der Waals surface area contributed by atoms with Crippen LogP contribution < -0.4 is 5.06 Å². The lowest BCUT2D eigenvalue weighted by molar-refractivity contribution is -0.868. The highest BCUT2D eigenvalue weighted by atomic mass is 16.5. The number of hydroxylamine groups is 2. The minimum atomic E-state index is 0.376. The summed E-state index contributed by atoms with van der Waals surface area (Å²) in [4.78, 5) is 0. The van der Waals surface area contributed by atoms with E-state index >= 15 is 0 Å². The van der Waals surface area contributed by atoms with Gasteiger partial charge in [0.2, 0.25) is 0 Å². The Morgan fingerprint density at radius 1 is 1.44 bits per heavy atom. The van der Waals surface area contributed by atoms with Gasteiger partial charge in [0.05, 0.1) is 13.1 Å². The van der Waals surface area contributed by atoms with Crippen molar-refractivity contribution in [1.82, 2.24) is 0 Å². The number of hydrogen-bond donors (Lipinski definition) is 1. The molecule has 9 heavy (non-hydrogen) atoms. The van der Waals surface area contributed by atoms with Gasteiger partial charge in [-0.2, -0.15) is 0 Å². The minimum absolute atomic E-state index is 0.376. The van der Waals surface area contributed by atoms with Gasteiger partial charge in [-0.25, -0.2) is 0 Å². The zero-order valence-corrected chi connectivity index (χ0v) is 6.35. The van der Waals surface area contributed by atoms with Gasteiger partial charge in [0, 0.05) is 12.3 Å². The maximum absolute atomic E-state index is 10.8. The van der Waals surface area contributed by atoms with E-state index < -0.39 is 0 Å². The van der Waals surface area contributed by atoms with E-state index in [1.54, 1.807) is 7.05 Å². The van der Waals surface area contributed by atoms with Gasteiger partial charge >= 0.3 is 0 Å². The van der Waals surface area contributed by atoms with E-state index in [2.05, 4.69) is 13.8 Å². The second-order valence-electron chi connectivity index (χ2n) is 3.29. The van der Waals surface area contributed by atoms with Gasteiger partial charge in [-0.3, -0.25) is 0 Å². The molecule has 0 aromatic heterocycles. The molecule has 0 saturated heterocycles. The third-order valence-corrected chi connectivity index (χ3v) is 2.68. The predicted molar refractivity (Wildman–Crippen MR) is 37.0 cm³/mol. The quantitative estimate of drug-likeness (QED) is 0.497. The molecule has 0 spiro atoms. The molecule has 0 radical (unpaired) electrons. The summed E-state index contributed by atoms with van der Waals surface area (Å²) in [6.45, 7) is 4.38. The molecule has 4 atom stereocenters. The Kier molecular flexibility index (Phi) is 1.78. The van der Waals surface area contributed by atoms with Crippen LogP contribution in [0.15, 0.2) is 0 Å². The molecule has 1 aliphatic rings. The van der Waals surface area contributed by atoms with Crippen LogP contribution in [0.5, 0.6) is 0 Å². The summed E-state index contributed by atoms with van der Waals surface area (Å²) in [7, 11) is 1.70. The Labute approximate surface area is 56.4 Å². The molecule has 1 fully saturated rings. The molecular weight excluding hydrogens is 114 g/mol. The van der Waals surface area contributed by atoms with E-state index in [9.17, 15) is 5.21 Å². The average molecular weight is 129 g/mol. The second kappa shape index (κ2) is 2.27. The summed E-state index contributed by atoms with van der Waals surface area (Å²) in [5.41, 5.74) is 0. The first-order valence-corrected chi connectivity index (χ1v) is 3.63. The summed E-state index contributed by atoms with van der Waals surface area (Å²) >= 11 is 0. The van der Waals surface area contributed by atoms with E-state index in [0.29, 0.717) is 17.0 Å². The van der Waals surface area contributed by atoms with Crippen molar-refractivity contribution in [2.45, 2.75) is 26.3 Å². The van der Waals surface area contributed by atoms with Gasteiger partial charge in [0.1, 0.15) is 0 Å². The molecule has 0 aromatic carbocycles.